The summed E-state index contributed by atoms with van der Waals surface area (Å²) in [6.07, 6.45) is 0. The Bertz CT molecular complexity index is 405. The van der Waals surface area contributed by atoms with E-state index >= 15 is 0 Å². The van der Waals surface area contributed by atoms with Gasteiger partial charge < -0.3 is 20.5 Å². The van der Waals surface area contributed by atoms with Crippen molar-refractivity contribution in [1.29, 1.82) is 0 Å². The van der Waals surface area contributed by atoms with Gasteiger partial charge in [-0.25, -0.2) is 0 Å². The average Bonchev–Trinajstić information content (AvgIpc) is 2.31. The molecule has 3 N–H and O–H groups in total. The van der Waals surface area contributed by atoms with E-state index in [9.17, 15) is 4.79 Å². The fraction of sp³-hybridized carbons (Fsp3) is 0.417. The van der Waals surface area contributed by atoms with Crippen LogP contribution in [0.4, 0.5) is 11.4 Å². The minimum atomic E-state index is -0.214. The quantitative estimate of drug-likeness (QED) is 0.763. The molecular weight excluding hydrogens is 220 g/mol. The molecular formula is C12H18N2O3. The number of carbonyl (C=O) groups excluding carboxylic acids is 1. The largest absolute Gasteiger partial charge is 0.494 e. The number of hydrogen-bond donors (Lipinski definition) is 2. The molecule has 0 radical (unpaired) electrons. The summed E-state index contributed by atoms with van der Waals surface area (Å²) >= 11 is 0. The van der Waals surface area contributed by atoms with Crippen molar-refractivity contribution in [1.82, 2.24) is 0 Å². The normalized spacial score (nSPS) is 10.1. The number of carbonyl (C=O) groups is 1. The van der Waals surface area contributed by atoms with E-state index in [1.54, 1.807) is 12.1 Å². The summed E-state index contributed by atoms with van der Waals surface area (Å²) in [6.45, 7) is 4.24. The monoisotopic (exact) mass is 238 g/mol. The highest BCUT2D eigenvalue weighted by Gasteiger charge is 2.09. The van der Waals surface area contributed by atoms with Crippen molar-refractivity contribution < 1.29 is 14.3 Å². The lowest BCUT2D eigenvalue weighted by Crippen LogP contribution is -2.18. The zero-order valence-corrected chi connectivity index (χ0v) is 10.4. The van der Waals surface area contributed by atoms with Crippen LogP contribution in [0.3, 0.4) is 0 Å². The lowest BCUT2D eigenvalue weighted by molar-refractivity contribution is -0.120. The minimum Gasteiger partial charge on any atom is -0.494 e. The van der Waals surface area contributed by atoms with Crippen LogP contribution in [0.15, 0.2) is 12.1 Å². The molecule has 1 aromatic carbocycles. The van der Waals surface area contributed by atoms with Crippen LogP contribution in [0.1, 0.15) is 12.5 Å². The zero-order chi connectivity index (χ0) is 12.8. The number of rotatable bonds is 5. The first-order valence-electron chi connectivity index (χ1n) is 5.40. The van der Waals surface area contributed by atoms with E-state index in [0.29, 0.717) is 23.7 Å². The van der Waals surface area contributed by atoms with E-state index in [1.807, 2.05) is 13.8 Å². The average molecular weight is 238 g/mol. The molecule has 17 heavy (non-hydrogen) atoms. The highest BCUT2D eigenvalue weighted by Crippen LogP contribution is 2.29. The van der Waals surface area contributed by atoms with Gasteiger partial charge in [0.15, 0.2) is 0 Å². The molecule has 5 nitrogen and oxygen atoms in total. The molecule has 0 fully saturated rings. The summed E-state index contributed by atoms with van der Waals surface area (Å²) in [6, 6.07) is 3.46. The van der Waals surface area contributed by atoms with Crippen LogP contribution in [0.25, 0.3) is 0 Å². The number of methoxy groups -OCH3 is 1. The number of hydrogen-bond acceptors (Lipinski definition) is 4. The topological polar surface area (TPSA) is 73.6 Å². The molecule has 0 atom stereocenters. The predicted octanol–water partition coefficient (Wildman–Crippen LogP) is 1.56. The first kappa shape index (κ1) is 13.3. The molecule has 0 heterocycles. The van der Waals surface area contributed by atoms with Crippen LogP contribution in [-0.2, 0) is 9.53 Å². The molecule has 1 amide bonds. The SMILES string of the molecule is CCOCC(=O)Nc1cc(C)c(N)cc1OC. The molecule has 0 spiro atoms. The van der Waals surface area contributed by atoms with Crippen LogP contribution >= 0.6 is 0 Å². The molecule has 0 saturated carbocycles. The van der Waals surface area contributed by atoms with Gasteiger partial charge in [-0.1, -0.05) is 0 Å². The number of nitrogen functional groups attached to an aromatic ring is 1. The first-order chi connectivity index (χ1) is 8.08. The highest BCUT2D eigenvalue weighted by atomic mass is 16.5. The van der Waals surface area contributed by atoms with Gasteiger partial charge >= 0.3 is 0 Å². The van der Waals surface area contributed by atoms with Gasteiger partial charge in [-0.2, -0.15) is 0 Å². The smallest absolute Gasteiger partial charge is 0.250 e. The molecule has 0 saturated heterocycles. The fourth-order valence-corrected chi connectivity index (χ4v) is 1.35. The Hall–Kier alpha value is -1.75. The van der Waals surface area contributed by atoms with Crippen molar-refractivity contribution in [2.75, 3.05) is 31.4 Å². The van der Waals surface area contributed by atoms with Crippen molar-refractivity contribution in [3.63, 3.8) is 0 Å². The first-order valence-corrected chi connectivity index (χ1v) is 5.40. The van der Waals surface area contributed by atoms with E-state index in [-0.39, 0.29) is 12.5 Å². The van der Waals surface area contributed by atoms with Gasteiger partial charge in [-0.3, -0.25) is 4.79 Å². The Morgan fingerprint density at radius 3 is 2.76 bits per heavy atom. The Morgan fingerprint density at radius 1 is 1.47 bits per heavy atom. The molecule has 0 aliphatic carbocycles. The number of nitrogens with two attached hydrogens (primary N) is 1. The number of benzene rings is 1. The number of anilines is 2. The molecule has 1 rings (SSSR count). The maximum absolute atomic E-state index is 11.5. The molecule has 94 valence electrons. The summed E-state index contributed by atoms with van der Waals surface area (Å²) in [5.41, 5.74) is 7.88. The third-order valence-corrected chi connectivity index (χ3v) is 2.30. The van der Waals surface area contributed by atoms with Crippen molar-refractivity contribution in [2.45, 2.75) is 13.8 Å². The van der Waals surface area contributed by atoms with E-state index in [2.05, 4.69) is 5.32 Å². The van der Waals surface area contributed by atoms with E-state index in [4.69, 9.17) is 15.2 Å². The van der Waals surface area contributed by atoms with Gasteiger partial charge in [0.25, 0.3) is 0 Å². The number of amides is 1. The molecule has 0 aromatic heterocycles. The Kier molecular flexibility index (Phi) is 4.78. The van der Waals surface area contributed by atoms with E-state index < -0.39 is 0 Å². The summed E-state index contributed by atoms with van der Waals surface area (Å²) in [7, 11) is 1.53. The maximum Gasteiger partial charge on any atom is 0.250 e. The van der Waals surface area contributed by atoms with Crippen LogP contribution in [-0.4, -0.2) is 26.2 Å². The van der Waals surface area contributed by atoms with E-state index in [0.717, 1.165) is 5.56 Å². The Balaban J connectivity index is 2.82. The van der Waals surface area contributed by atoms with Crippen LogP contribution < -0.4 is 15.8 Å². The standard InChI is InChI=1S/C12H18N2O3/c1-4-17-7-12(15)14-10-5-8(2)9(13)6-11(10)16-3/h5-6H,4,7,13H2,1-3H3,(H,14,15). The predicted molar refractivity (Wildman–Crippen MR) is 67.3 cm³/mol. The summed E-state index contributed by atoms with van der Waals surface area (Å²) < 4.78 is 10.2. The van der Waals surface area contributed by atoms with Crippen molar-refractivity contribution in [3.05, 3.63) is 17.7 Å². The number of ether oxygens (including phenoxy) is 2. The fourth-order valence-electron chi connectivity index (χ4n) is 1.35. The van der Waals surface area contributed by atoms with Crippen molar-refractivity contribution in [2.24, 2.45) is 0 Å². The minimum absolute atomic E-state index is 0.0308. The van der Waals surface area contributed by atoms with Gasteiger partial charge in [-0.15, -0.1) is 0 Å². The lowest BCUT2D eigenvalue weighted by atomic mass is 10.1. The van der Waals surface area contributed by atoms with Gasteiger partial charge in [-0.05, 0) is 25.5 Å². The van der Waals surface area contributed by atoms with Gasteiger partial charge in [0.2, 0.25) is 5.91 Å². The molecule has 0 bridgehead atoms. The number of nitrogens with one attached hydrogen (secondary N) is 1. The molecule has 0 aliphatic heterocycles. The third-order valence-electron chi connectivity index (χ3n) is 2.30. The highest BCUT2D eigenvalue weighted by molar-refractivity contribution is 5.93. The van der Waals surface area contributed by atoms with Gasteiger partial charge in [0.05, 0.1) is 12.8 Å². The summed E-state index contributed by atoms with van der Waals surface area (Å²) in [5.74, 6) is 0.326. The van der Waals surface area contributed by atoms with Gasteiger partial charge in [0.1, 0.15) is 12.4 Å². The molecule has 0 aliphatic rings. The Labute approximate surface area is 101 Å². The van der Waals surface area contributed by atoms with Gasteiger partial charge in [0, 0.05) is 18.4 Å². The van der Waals surface area contributed by atoms with Crippen LogP contribution in [0.5, 0.6) is 5.75 Å². The van der Waals surface area contributed by atoms with E-state index in [1.165, 1.54) is 7.11 Å². The molecule has 0 unspecified atom stereocenters. The summed E-state index contributed by atoms with van der Waals surface area (Å²) in [4.78, 5) is 11.5. The van der Waals surface area contributed by atoms with Crippen LogP contribution in [0.2, 0.25) is 0 Å². The summed E-state index contributed by atoms with van der Waals surface area (Å²) in [5, 5.41) is 2.72. The zero-order valence-electron chi connectivity index (χ0n) is 10.4. The van der Waals surface area contributed by atoms with Crippen molar-refractivity contribution in [3.8, 4) is 5.75 Å². The van der Waals surface area contributed by atoms with Crippen LogP contribution in [0, 0.1) is 6.92 Å². The van der Waals surface area contributed by atoms with Crippen molar-refractivity contribution >= 4 is 17.3 Å². The lowest BCUT2D eigenvalue weighted by Gasteiger charge is -2.12. The Morgan fingerprint density at radius 2 is 2.18 bits per heavy atom. The second kappa shape index (κ2) is 6.10. The second-order valence-electron chi connectivity index (χ2n) is 3.59. The second-order valence-corrected chi connectivity index (χ2v) is 3.59. The molecule has 5 heteroatoms. The maximum atomic E-state index is 11.5. The number of aryl methyl sites for hydroxylation is 1. The third kappa shape index (κ3) is 3.64. The molecule has 1 aromatic rings.